The van der Waals surface area contributed by atoms with Gasteiger partial charge in [-0.25, -0.2) is 19.6 Å². The number of aromatic nitrogens is 2. The highest BCUT2D eigenvalue weighted by atomic mass is 19.1. The molecule has 1 aromatic heterocycles. The van der Waals surface area contributed by atoms with Crippen LogP contribution in [0.15, 0.2) is 24.4 Å². The molecule has 1 saturated heterocycles. The van der Waals surface area contributed by atoms with Crippen molar-refractivity contribution in [1.29, 1.82) is 0 Å². The number of ether oxygens (including phenoxy) is 3. The quantitative estimate of drug-likeness (QED) is 0.661. The van der Waals surface area contributed by atoms with Crippen LogP contribution >= 0.6 is 0 Å². The Labute approximate surface area is 124 Å². The molecule has 9 heteroatoms. The molecule has 0 unspecified atom stereocenters. The first-order valence-electron chi connectivity index (χ1n) is 6.34. The Balaban J connectivity index is 1.82. The molecule has 0 spiro atoms. The summed E-state index contributed by atoms with van der Waals surface area (Å²) < 4.78 is 42.2. The van der Waals surface area contributed by atoms with Crippen LogP contribution in [0, 0.1) is 11.6 Å². The molecule has 2 aromatic rings. The number of halogens is 2. The standard InChI is InChI=1S/C13H12F2N4O3/c1-6-20-12(21-6)8-5-17-13(18-11(8)19-16)22-10-3-2-7(14)4-9(10)15/h2-6,12H,16H2,1H3,(H,17,18,19). The SMILES string of the molecule is CC1OC(c2cnc(Oc3ccc(F)cc3F)nc2NN)O1. The van der Waals surface area contributed by atoms with Gasteiger partial charge in [-0.15, -0.1) is 0 Å². The molecular weight excluding hydrogens is 298 g/mol. The number of hydrogen-bond acceptors (Lipinski definition) is 7. The molecule has 3 rings (SSSR count). The summed E-state index contributed by atoms with van der Waals surface area (Å²) in [6.07, 6.45) is 0.438. The minimum Gasteiger partial charge on any atom is -0.421 e. The Morgan fingerprint density at radius 3 is 2.73 bits per heavy atom. The topological polar surface area (TPSA) is 91.5 Å². The van der Waals surface area contributed by atoms with E-state index >= 15 is 0 Å². The van der Waals surface area contributed by atoms with E-state index in [9.17, 15) is 8.78 Å². The monoisotopic (exact) mass is 310 g/mol. The van der Waals surface area contributed by atoms with Gasteiger partial charge in [-0.1, -0.05) is 0 Å². The van der Waals surface area contributed by atoms with Crippen LogP contribution < -0.4 is 16.0 Å². The van der Waals surface area contributed by atoms with Gasteiger partial charge in [-0.05, 0) is 19.1 Å². The zero-order valence-corrected chi connectivity index (χ0v) is 11.4. The summed E-state index contributed by atoms with van der Waals surface area (Å²) in [7, 11) is 0. The van der Waals surface area contributed by atoms with Crippen LogP contribution in [-0.2, 0) is 9.47 Å². The lowest BCUT2D eigenvalue weighted by Crippen LogP contribution is -2.32. The maximum absolute atomic E-state index is 13.5. The maximum Gasteiger partial charge on any atom is 0.324 e. The van der Waals surface area contributed by atoms with Crippen molar-refractivity contribution in [3.63, 3.8) is 0 Å². The van der Waals surface area contributed by atoms with Crippen LogP contribution in [0.3, 0.4) is 0 Å². The van der Waals surface area contributed by atoms with Crippen molar-refractivity contribution in [3.05, 3.63) is 41.6 Å². The molecule has 7 nitrogen and oxygen atoms in total. The number of nitrogen functional groups attached to an aromatic ring is 1. The third-order valence-electron chi connectivity index (χ3n) is 2.91. The fourth-order valence-corrected chi connectivity index (χ4v) is 1.87. The summed E-state index contributed by atoms with van der Waals surface area (Å²) >= 11 is 0. The molecule has 2 heterocycles. The van der Waals surface area contributed by atoms with Crippen molar-refractivity contribution in [1.82, 2.24) is 9.97 Å². The Kier molecular flexibility index (Phi) is 3.84. The predicted octanol–water partition coefficient (Wildman–Crippen LogP) is 2.22. The average molecular weight is 310 g/mol. The van der Waals surface area contributed by atoms with Crippen molar-refractivity contribution in [3.8, 4) is 11.8 Å². The second-order valence-electron chi connectivity index (χ2n) is 4.45. The van der Waals surface area contributed by atoms with Gasteiger partial charge in [0, 0.05) is 12.3 Å². The summed E-state index contributed by atoms with van der Waals surface area (Å²) in [6, 6.07) is 2.74. The van der Waals surface area contributed by atoms with Gasteiger partial charge in [0.1, 0.15) is 5.82 Å². The molecule has 0 bridgehead atoms. The van der Waals surface area contributed by atoms with Crippen molar-refractivity contribution in [2.24, 2.45) is 5.84 Å². The van der Waals surface area contributed by atoms with Gasteiger partial charge in [-0.3, -0.25) is 0 Å². The molecule has 0 radical (unpaired) electrons. The average Bonchev–Trinajstić information content (AvgIpc) is 2.47. The van der Waals surface area contributed by atoms with Gasteiger partial charge in [0.15, 0.2) is 30.0 Å². The number of nitrogens with zero attached hydrogens (tertiary/aromatic N) is 2. The summed E-state index contributed by atoms with van der Waals surface area (Å²) in [6.45, 7) is 1.74. The van der Waals surface area contributed by atoms with Crippen LogP contribution in [-0.4, -0.2) is 16.3 Å². The van der Waals surface area contributed by atoms with E-state index in [0.717, 1.165) is 12.1 Å². The van der Waals surface area contributed by atoms with E-state index < -0.39 is 17.9 Å². The number of nitrogens with two attached hydrogens (primary N) is 1. The fourth-order valence-electron chi connectivity index (χ4n) is 1.87. The molecule has 1 aliphatic rings. The Morgan fingerprint density at radius 1 is 1.32 bits per heavy atom. The molecule has 0 saturated carbocycles. The molecule has 1 aliphatic heterocycles. The zero-order valence-electron chi connectivity index (χ0n) is 11.4. The second-order valence-corrected chi connectivity index (χ2v) is 4.45. The van der Waals surface area contributed by atoms with Crippen LogP contribution in [0.4, 0.5) is 14.6 Å². The second kappa shape index (κ2) is 5.79. The normalized spacial score (nSPS) is 20.4. The third-order valence-corrected chi connectivity index (χ3v) is 2.91. The molecule has 1 fully saturated rings. The first-order valence-corrected chi connectivity index (χ1v) is 6.34. The minimum atomic E-state index is -0.866. The summed E-state index contributed by atoms with van der Waals surface area (Å²) in [4.78, 5) is 7.91. The van der Waals surface area contributed by atoms with Crippen LogP contribution in [0.1, 0.15) is 18.8 Å². The maximum atomic E-state index is 13.5. The molecule has 0 aliphatic carbocycles. The highest BCUT2D eigenvalue weighted by molar-refractivity contribution is 5.44. The van der Waals surface area contributed by atoms with E-state index in [0.29, 0.717) is 11.6 Å². The molecule has 0 amide bonds. The molecular formula is C13H12F2N4O3. The van der Waals surface area contributed by atoms with Crippen LogP contribution in [0.25, 0.3) is 0 Å². The van der Waals surface area contributed by atoms with Gasteiger partial charge in [0.2, 0.25) is 0 Å². The number of anilines is 1. The summed E-state index contributed by atoms with van der Waals surface area (Å²) in [5.74, 6) is 3.81. The minimum absolute atomic E-state index is 0.158. The Morgan fingerprint density at radius 2 is 2.09 bits per heavy atom. The highest BCUT2D eigenvalue weighted by Crippen LogP contribution is 2.35. The fraction of sp³-hybridized carbons (Fsp3) is 0.231. The van der Waals surface area contributed by atoms with Crippen LogP contribution in [0.5, 0.6) is 11.8 Å². The first-order chi connectivity index (χ1) is 10.6. The number of nitrogens with one attached hydrogen (secondary N) is 1. The zero-order chi connectivity index (χ0) is 15.7. The van der Waals surface area contributed by atoms with Crippen molar-refractivity contribution >= 4 is 5.82 Å². The van der Waals surface area contributed by atoms with Gasteiger partial charge < -0.3 is 19.6 Å². The number of hydrazine groups is 1. The highest BCUT2D eigenvalue weighted by Gasteiger charge is 2.31. The predicted molar refractivity (Wildman–Crippen MR) is 70.6 cm³/mol. The molecule has 0 atom stereocenters. The Hall–Kier alpha value is -2.36. The molecule has 3 N–H and O–H groups in total. The summed E-state index contributed by atoms with van der Waals surface area (Å²) in [5, 5.41) is 0. The largest absolute Gasteiger partial charge is 0.421 e. The van der Waals surface area contributed by atoms with Gasteiger partial charge in [0.05, 0.1) is 5.56 Å². The van der Waals surface area contributed by atoms with Crippen molar-refractivity contribution < 1.29 is 23.0 Å². The van der Waals surface area contributed by atoms with Crippen molar-refractivity contribution in [2.75, 3.05) is 5.43 Å². The van der Waals surface area contributed by atoms with E-state index in [1.165, 1.54) is 6.20 Å². The van der Waals surface area contributed by atoms with E-state index in [2.05, 4.69) is 15.4 Å². The van der Waals surface area contributed by atoms with E-state index in [1.54, 1.807) is 6.92 Å². The third kappa shape index (κ3) is 2.82. The molecule has 1 aromatic carbocycles. The number of hydrogen-bond donors (Lipinski definition) is 2. The summed E-state index contributed by atoms with van der Waals surface area (Å²) in [5.41, 5.74) is 2.84. The number of rotatable bonds is 4. The Bertz CT molecular complexity index is 695. The first kappa shape index (κ1) is 14.6. The van der Waals surface area contributed by atoms with Crippen molar-refractivity contribution in [2.45, 2.75) is 19.5 Å². The molecule has 116 valence electrons. The van der Waals surface area contributed by atoms with Gasteiger partial charge in [-0.2, -0.15) is 4.98 Å². The van der Waals surface area contributed by atoms with E-state index in [4.69, 9.17) is 20.1 Å². The van der Waals surface area contributed by atoms with Crippen LogP contribution in [0.2, 0.25) is 0 Å². The van der Waals surface area contributed by atoms with Gasteiger partial charge >= 0.3 is 6.01 Å². The lowest BCUT2D eigenvalue weighted by molar-refractivity contribution is -0.382. The lowest BCUT2D eigenvalue weighted by Gasteiger charge is -2.34. The molecule has 22 heavy (non-hydrogen) atoms. The van der Waals surface area contributed by atoms with E-state index in [1.807, 2.05) is 0 Å². The van der Waals surface area contributed by atoms with Gasteiger partial charge in [0.25, 0.3) is 0 Å². The number of benzene rings is 1. The van der Waals surface area contributed by atoms with E-state index in [-0.39, 0.29) is 23.9 Å². The lowest BCUT2D eigenvalue weighted by atomic mass is 10.3. The smallest absolute Gasteiger partial charge is 0.324 e.